The molecule has 0 bridgehead atoms. The minimum atomic E-state index is -0.936. The number of hydrogen-bond donors (Lipinski definition) is 3. The predicted octanol–water partition coefficient (Wildman–Crippen LogP) is 6.19. The van der Waals surface area contributed by atoms with Crippen molar-refractivity contribution in [3.63, 3.8) is 0 Å². The average molecular weight is 566 g/mol. The molecule has 0 aliphatic heterocycles. The Hall–Kier alpha value is -2.42. The van der Waals surface area contributed by atoms with Crippen molar-refractivity contribution in [2.45, 2.75) is 110 Å². The van der Waals surface area contributed by atoms with Crippen LogP contribution in [0, 0.1) is 0 Å². The zero-order chi connectivity index (χ0) is 29.3. The van der Waals surface area contributed by atoms with Crippen LogP contribution < -0.4 is 10.6 Å². The molecule has 222 valence electrons. The second-order valence-electron chi connectivity index (χ2n) is 10.9. The Labute approximate surface area is 240 Å². The van der Waals surface area contributed by atoms with Gasteiger partial charge in [0.2, 0.25) is 11.8 Å². The largest absolute Gasteiger partial charge is 0.508 e. The fourth-order valence-electron chi connectivity index (χ4n) is 4.22. The summed E-state index contributed by atoms with van der Waals surface area (Å²) in [5.74, 6) is 0.0460. The van der Waals surface area contributed by atoms with Crippen LogP contribution in [0.25, 0.3) is 0 Å². The molecule has 3 N–H and O–H groups in total. The zero-order valence-corrected chi connectivity index (χ0v) is 25.7. The van der Waals surface area contributed by atoms with Crippen LogP contribution in [0.2, 0.25) is 0 Å². The van der Waals surface area contributed by atoms with Gasteiger partial charge in [0.1, 0.15) is 23.4 Å². The number of phenols is 1. The molecule has 0 aliphatic rings. The molecule has 1 rings (SSSR count). The van der Waals surface area contributed by atoms with E-state index in [1.54, 1.807) is 55.6 Å². The summed E-state index contributed by atoms with van der Waals surface area (Å²) in [5, 5.41) is 16.0. The lowest BCUT2D eigenvalue weighted by molar-refractivity contribution is -0.142. The van der Waals surface area contributed by atoms with Crippen molar-refractivity contribution in [2.24, 2.45) is 0 Å². The molecule has 2 unspecified atom stereocenters. The molecule has 2 atom stereocenters. The van der Waals surface area contributed by atoms with Gasteiger partial charge in [-0.05, 0) is 69.7 Å². The smallest absolute Gasteiger partial charge is 0.408 e. The third-order valence-corrected chi connectivity index (χ3v) is 6.85. The molecule has 0 fully saturated rings. The number of amides is 3. The van der Waals surface area contributed by atoms with Crippen molar-refractivity contribution in [2.75, 3.05) is 25.1 Å². The number of unbranched alkanes of at least 4 members (excludes halogenated alkanes) is 6. The number of hydrogen-bond acceptors (Lipinski definition) is 6. The summed E-state index contributed by atoms with van der Waals surface area (Å²) in [4.78, 5) is 42.0. The first-order valence-electron chi connectivity index (χ1n) is 14.4. The number of nitrogens with zero attached hydrogens (tertiary/aromatic N) is 1. The van der Waals surface area contributed by atoms with E-state index in [9.17, 15) is 19.5 Å². The van der Waals surface area contributed by atoms with E-state index in [4.69, 9.17) is 4.74 Å². The number of carbonyl (C=O) groups is 3. The number of nitrogens with one attached hydrogen (secondary N) is 2. The zero-order valence-electron chi connectivity index (χ0n) is 24.9. The molecule has 3 amide bonds. The first kappa shape index (κ1) is 34.6. The van der Waals surface area contributed by atoms with Gasteiger partial charge in [0.05, 0.1) is 0 Å². The molecule has 0 radical (unpaired) electrons. The van der Waals surface area contributed by atoms with Gasteiger partial charge in [-0.2, -0.15) is 11.8 Å². The molecule has 1 aromatic carbocycles. The predicted molar refractivity (Wildman–Crippen MR) is 160 cm³/mol. The van der Waals surface area contributed by atoms with Gasteiger partial charge in [-0.1, -0.05) is 64.5 Å². The van der Waals surface area contributed by atoms with Crippen molar-refractivity contribution in [3.05, 3.63) is 29.8 Å². The van der Waals surface area contributed by atoms with Crippen LogP contribution in [0.5, 0.6) is 5.75 Å². The molecule has 0 aromatic heterocycles. The van der Waals surface area contributed by atoms with Crippen LogP contribution in [0.1, 0.15) is 104 Å². The highest BCUT2D eigenvalue weighted by Gasteiger charge is 2.36. The third-order valence-electron chi connectivity index (χ3n) is 6.21. The molecule has 39 heavy (non-hydrogen) atoms. The van der Waals surface area contributed by atoms with Gasteiger partial charge < -0.3 is 25.4 Å². The summed E-state index contributed by atoms with van der Waals surface area (Å²) < 4.78 is 5.45. The molecular formula is C30H51N3O5S. The lowest BCUT2D eigenvalue weighted by Gasteiger charge is -2.34. The van der Waals surface area contributed by atoms with Crippen molar-refractivity contribution in [3.8, 4) is 5.75 Å². The minimum absolute atomic E-state index is 0.0247. The third kappa shape index (κ3) is 14.0. The lowest BCUT2D eigenvalue weighted by atomic mass is 10.0. The van der Waals surface area contributed by atoms with Gasteiger partial charge in [-0.15, -0.1) is 0 Å². The number of benzene rings is 1. The van der Waals surface area contributed by atoms with E-state index in [0.29, 0.717) is 30.8 Å². The van der Waals surface area contributed by atoms with Gasteiger partial charge >= 0.3 is 6.09 Å². The Morgan fingerprint density at radius 3 is 2.31 bits per heavy atom. The van der Waals surface area contributed by atoms with E-state index in [1.165, 1.54) is 12.5 Å². The standard InChI is InChI=1S/C30H51N3O5S/c1-7-9-11-12-13-14-20-33(28(36)25(18-21-39-6)32-29(37)38-30(3,4)5)26(27(35)31-19-10-8-2)23-16-15-17-24(34)22-23/h15-17,22,25-26,34H,7-14,18-21H2,1-6H3,(H,31,35)(H,32,37). The van der Waals surface area contributed by atoms with Crippen molar-refractivity contribution in [1.29, 1.82) is 0 Å². The Bertz CT molecular complexity index is 874. The van der Waals surface area contributed by atoms with Crippen LogP contribution in [-0.2, 0) is 14.3 Å². The van der Waals surface area contributed by atoms with E-state index in [0.717, 1.165) is 44.9 Å². The second kappa shape index (κ2) is 18.8. The van der Waals surface area contributed by atoms with Crippen LogP contribution in [-0.4, -0.2) is 64.7 Å². The lowest BCUT2D eigenvalue weighted by Crippen LogP contribution is -2.53. The van der Waals surface area contributed by atoms with E-state index < -0.39 is 23.8 Å². The summed E-state index contributed by atoms with van der Waals surface area (Å²) >= 11 is 1.58. The summed E-state index contributed by atoms with van der Waals surface area (Å²) in [6.45, 7) is 10.4. The molecule has 0 spiro atoms. The Balaban J connectivity index is 3.37. The molecular weight excluding hydrogens is 514 g/mol. The molecule has 0 saturated carbocycles. The fraction of sp³-hybridized carbons (Fsp3) is 0.700. The monoisotopic (exact) mass is 565 g/mol. The molecule has 9 heteroatoms. The highest BCUT2D eigenvalue weighted by atomic mass is 32.2. The summed E-state index contributed by atoms with van der Waals surface area (Å²) in [5.41, 5.74) is -0.178. The van der Waals surface area contributed by atoms with E-state index in [1.807, 2.05) is 13.2 Å². The van der Waals surface area contributed by atoms with Crippen LogP contribution in [0.4, 0.5) is 4.79 Å². The van der Waals surface area contributed by atoms with Crippen molar-refractivity contribution >= 4 is 29.7 Å². The maximum atomic E-state index is 14.2. The fourth-order valence-corrected chi connectivity index (χ4v) is 4.70. The van der Waals surface area contributed by atoms with Crippen LogP contribution in [0.3, 0.4) is 0 Å². The quantitative estimate of drug-likeness (QED) is 0.183. The number of thioether (sulfide) groups is 1. The topological polar surface area (TPSA) is 108 Å². The highest BCUT2D eigenvalue weighted by molar-refractivity contribution is 7.98. The summed E-state index contributed by atoms with van der Waals surface area (Å²) in [6, 6.07) is 4.72. The first-order valence-corrected chi connectivity index (χ1v) is 15.8. The highest BCUT2D eigenvalue weighted by Crippen LogP contribution is 2.27. The molecule has 1 aromatic rings. The maximum absolute atomic E-state index is 14.2. The number of alkyl carbamates (subject to hydrolysis) is 1. The van der Waals surface area contributed by atoms with E-state index in [2.05, 4.69) is 17.6 Å². The SMILES string of the molecule is CCCCCCCCN(C(=O)C(CCSC)NC(=O)OC(C)(C)C)C(C(=O)NCCCC)c1cccc(O)c1. The number of rotatable bonds is 18. The summed E-state index contributed by atoms with van der Waals surface area (Å²) in [6.07, 6.45) is 9.60. The Kier molecular flexibility index (Phi) is 16.7. The number of carbonyl (C=O) groups excluding carboxylic acids is 3. The average Bonchev–Trinajstić information content (AvgIpc) is 2.86. The normalized spacial score (nSPS) is 12.9. The van der Waals surface area contributed by atoms with Crippen molar-refractivity contribution < 1.29 is 24.2 Å². The molecule has 8 nitrogen and oxygen atoms in total. The number of aromatic hydroxyl groups is 1. The van der Waals surface area contributed by atoms with E-state index >= 15 is 0 Å². The number of phenolic OH excluding ortho intramolecular Hbond substituents is 1. The van der Waals surface area contributed by atoms with E-state index in [-0.39, 0.29) is 17.6 Å². The van der Waals surface area contributed by atoms with Gasteiger partial charge in [0, 0.05) is 13.1 Å². The van der Waals surface area contributed by atoms with Crippen LogP contribution in [0.15, 0.2) is 24.3 Å². The second-order valence-corrected chi connectivity index (χ2v) is 11.9. The maximum Gasteiger partial charge on any atom is 0.408 e. The Morgan fingerprint density at radius 1 is 1.03 bits per heavy atom. The van der Waals surface area contributed by atoms with Gasteiger partial charge in [0.15, 0.2) is 0 Å². The molecule has 0 aliphatic carbocycles. The van der Waals surface area contributed by atoms with Gasteiger partial charge in [-0.3, -0.25) is 9.59 Å². The van der Waals surface area contributed by atoms with Gasteiger partial charge in [0.25, 0.3) is 0 Å². The van der Waals surface area contributed by atoms with Gasteiger partial charge in [-0.25, -0.2) is 4.79 Å². The molecule has 0 heterocycles. The summed E-state index contributed by atoms with van der Waals surface area (Å²) in [7, 11) is 0. The minimum Gasteiger partial charge on any atom is -0.508 e. The Morgan fingerprint density at radius 2 is 1.69 bits per heavy atom. The number of ether oxygens (including phenoxy) is 1. The van der Waals surface area contributed by atoms with Crippen molar-refractivity contribution in [1.82, 2.24) is 15.5 Å². The van der Waals surface area contributed by atoms with Crippen LogP contribution >= 0.6 is 11.8 Å². The molecule has 0 saturated heterocycles. The first-order chi connectivity index (χ1) is 18.5.